The van der Waals surface area contributed by atoms with Gasteiger partial charge in [-0.3, -0.25) is 0 Å². The molecule has 0 spiro atoms. The predicted octanol–water partition coefficient (Wildman–Crippen LogP) is 2.43. The van der Waals surface area contributed by atoms with E-state index in [0.717, 1.165) is 6.07 Å². The van der Waals surface area contributed by atoms with E-state index in [-0.39, 0.29) is 21.2 Å². The molecule has 0 aliphatic heterocycles. The third-order valence-corrected chi connectivity index (χ3v) is 2.45. The van der Waals surface area contributed by atoms with E-state index in [4.69, 9.17) is 38.8 Å². The molecule has 1 aromatic rings. The molecule has 0 aliphatic rings. The van der Waals surface area contributed by atoms with Crippen molar-refractivity contribution in [2.45, 2.75) is 0 Å². The zero-order valence-electron chi connectivity index (χ0n) is 7.08. The van der Waals surface area contributed by atoms with Gasteiger partial charge in [0, 0.05) is 0 Å². The fourth-order valence-corrected chi connectivity index (χ4v) is 1.46. The van der Waals surface area contributed by atoms with E-state index in [0.29, 0.717) is 0 Å². The molecule has 0 aromatic heterocycles. The number of nitrogens with zero attached hydrogens (tertiary/aromatic N) is 2. The number of benzene rings is 1. The van der Waals surface area contributed by atoms with Gasteiger partial charge < -0.3 is 5.11 Å². The molecule has 0 aliphatic carbocycles. The van der Waals surface area contributed by atoms with Crippen molar-refractivity contribution >= 4 is 29.2 Å². The Morgan fingerprint density at radius 1 is 1.33 bits per heavy atom. The lowest BCUT2D eigenvalue weighted by Crippen LogP contribution is -2.04. The summed E-state index contributed by atoms with van der Waals surface area (Å²) < 4.78 is 0. The summed E-state index contributed by atoms with van der Waals surface area (Å²) in [5.74, 6) is -1.39. The highest BCUT2D eigenvalue weighted by molar-refractivity contribution is 6.44. The molecule has 0 bridgehead atoms. The molecule has 6 heteroatoms. The van der Waals surface area contributed by atoms with E-state index in [1.54, 1.807) is 12.1 Å². The Balaban J connectivity index is 3.76. The van der Waals surface area contributed by atoms with Gasteiger partial charge in [-0.25, -0.2) is 4.79 Å². The molecule has 1 rings (SSSR count). The Hall–Kier alpha value is -1.75. The van der Waals surface area contributed by atoms with Crippen molar-refractivity contribution in [3.63, 3.8) is 0 Å². The van der Waals surface area contributed by atoms with Crippen molar-refractivity contribution in [1.82, 2.24) is 0 Å². The Bertz CT molecular complexity index is 526. The van der Waals surface area contributed by atoms with Crippen LogP contribution in [0, 0.1) is 22.7 Å². The van der Waals surface area contributed by atoms with E-state index in [1.807, 2.05) is 0 Å². The molecule has 0 atom stereocenters. The summed E-state index contributed by atoms with van der Waals surface area (Å²) in [7, 11) is 0. The minimum Gasteiger partial charge on any atom is -0.478 e. The van der Waals surface area contributed by atoms with Crippen LogP contribution in [0.15, 0.2) is 6.07 Å². The van der Waals surface area contributed by atoms with Gasteiger partial charge in [-0.05, 0) is 6.07 Å². The largest absolute Gasteiger partial charge is 0.478 e. The van der Waals surface area contributed by atoms with Gasteiger partial charge in [-0.2, -0.15) is 10.5 Å². The molecule has 1 N–H and O–H groups in total. The number of halogens is 2. The van der Waals surface area contributed by atoms with Crippen LogP contribution in [0.2, 0.25) is 10.0 Å². The monoisotopic (exact) mass is 240 g/mol. The first-order valence-electron chi connectivity index (χ1n) is 3.58. The van der Waals surface area contributed by atoms with Crippen molar-refractivity contribution in [1.29, 1.82) is 10.5 Å². The number of carboxylic acids is 1. The first-order valence-corrected chi connectivity index (χ1v) is 4.34. The first-order chi connectivity index (χ1) is 7.02. The fraction of sp³-hybridized carbons (Fsp3) is 0. The summed E-state index contributed by atoms with van der Waals surface area (Å²) in [5.41, 5.74) is -0.827. The van der Waals surface area contributed by atoms with Crippen molar-refractivity contribution in [2.24, 2.45) is 0 Å². The normalized spacial score (nSPS) is 9.07. The molecule has 0 heterocycles. The molecule has 0 fully saturated rings. The summed E-state index contributed by atoms with van der Waals surface area (Å²) in [4.78, 5) is 10.8. The smallest absolute Gasteiger partial charge is 0.338 e. The minimum absolute atomic E-state index is 0.0652. The zero-order valence-corrected chi connectivity index (χ0v) is 8.60. The number of hydrogen-bond acceptors (Lipinski definition) is 3. The molecule has 4 nitrogen and oxygen atoms in total. The van der Waals surface area contributed by atoms with Gasteiger partial charge in [-0.15, -0.1) is 0 Å². The molecule has 1 aromatic carbocycles. The van der Waals surface area contributed by atoms with Gasteiger partial charge in [-0.1, -0.05) is 23.2 Å². The summed E-state index contributed by atoms with van der Waals surface area (Å²) in [5, 5.41) is 25.9. The Kier molecular flexibility index (Phi) is 3.16. The average Bonchev–Trinajstić information content (AvgIpc) is 2.20. The van der Waals surface area contributed by atoms with Crippen LogP contribution in [0.5, 0.6) is 0 Å². The Morgan fingerprint density at radius 3 is 2.33 bits per heavy atom. The standard InChI is InChI=1S/C9H2Cl2N2O2/c10-6-1-4(2-12)5(3-13)7(8(6)11)9(14)15/h1H,(H,14,15). The van der Waals surface area contributed by atoms with Gasteiger partial charge in [0.1, 0.15) is 12.1 Å². The maximum atomic E-state index is 10.8. The quantitative estimate of drug-likeness (QED) is 0.817. The Labute approximate surface area is 94.9 Å². The van der Waals surface area contributed by atoms with Crippen LogP contribution in [0.1, 0.15) is 21.5 Å². The number of carbonyl (C=O) groups is 1. The molecule has 0 saturated heterocycles. The summed E-state index contributed by atoms with van der Waals surface area (Å²) in [6.07, 6.45) is 0. The van der Waals surface area contributed by atoms with E-state index < -0.39 is 11.5 Å². The van der Waals surface area contributed by atoms with Gasteiger partial charge in [0.05, 0.1) is 26.7 Å². The van der Waals surface area contributed by atoms with Gasteiger partial charge in [0.2, 0.25) is 0 Å². The van der Waals surface area contributed by atoms with Crippen molar-refractivity contribution < 1.29 is 9.90 Å². The SMILES string of the molecule is N#Cc1cc(Cl)c(Cl)c(C(=O)O)c1C#N. The Morgan fingerprint density at radius 2 is 1.93 bits per heavy atom. The number of rotatable bonds is 1. The van der Waals surface area contributed by atoms with Crippen molar-refractivity contribution in [2.75, 3.05) is 0 Å². The maximum absolute atomic E-state index is 10.8. The number of aromatic carboxylic acids is 1. The van der Waals surface area contributed by atoms with E-state index in [1.165, 1.54) is 0 Å². The summed E-state index contributed by atoms with van der Waals surface area (Å²) in [6, 6.07) is 4.46. The lowest BCUT2D eigenvalue weighted by atomic mass is 10.0. The third kappa shape index (κ3) is 1.87. The second-order valence-corrected chi connectivity index (χ2v) is 3.28. The van der Waals surface area contributed by atoms with Crippen LogP contribution < -0.4 is 0 Å². The fourth-order valence-electron chi connectivity index (χ4n) is 1.03. The molecular weight excluding hydrogens is 239 g/mol. The molecule has 0 unspecified atom stereocenters. The molecule has 0 saturated carbocycles. The van der Waals surface area contributed by atoms with Crippen molar-refractivity contribution in [3.8, 4) is 12.1 Å². The van der Waals surface area contributed by atoms with E-state index in [9.17, 15) is 4.79 Å². The molecule has 74 valence electrons. The molecule has 0 radical (unpaired) electrons. The van der Waals surface area contributed by atoms with Crippen LogP contribution in [0.3, 0.4) is 0 Å². The molecular formula is C9H2Cl2N2O2. The van der Waals surface area contributed by atoms with E-state index in [2.05, 4.69) is 0 Å². The minimum atomic E-state index is -1.39. The van der Waals surface area contributed by atoms with Crippen LogP contribution in [-0.4, -0.2) is 11.1 Å². The number of hydrogen-bond donors (Lipinski definition) is 1. The second kappa shape index (κ2) is 4.18. The lowest BCUT2D eigenvalue weighted by Gasteiger charge is -2.04. The van der Waals surface area contributed by atoms with Gasteiger partial charge >= 0.3 is 5.97 Å². The highest BCUT2D eigenvalue weighted by Gasteiger charge is 2.21. The summed E-state index contributed by atoms with van der Waals surface area (Å²) >= 11 is 11.2. The number of carboxylic acid groups (broad SMARTS) is 1. The van der Waals surface area contributed by atoms with E-state index >= 15 is 0 Å². The van der Waals surface area contributed by atoms with Gasteiger partial charge in [0.25, 0.3) is 0 Å². The topological polar surface area (TPSA) is 84.9 Å². The molecule has 15 heavy (non-hydrogen) atoms. The lowest BCUT2D eigenvalue weighted by molar-refractivity contribution is 0.0696. The average molecular weight is 241 g/mol. The van der Waals surface area contributed by atoms with Gasteiger partial charge in [0.15, 0.2) is 0 Å². The van der Waals surface area contributed by atoms with Crippen LogP contribution in [0.4, 0.5) is 0 Å². The second-order valence-electron chi connectivity index (χ2n) is 2.50. The summed E-state index contributed by atoms with van der Waals surface area (Å²) in [6.45, 7) is 0. The third-order valence-electron chi connectivity index (χ3n) is 1.67. The number of nitriles is 2. The van der Waals surface area contributed by atoms with Crippen molar-refractivity contribution in [3.05, 3.63) is 32.8 Å². The maximum Gasteiger partial charge on any atom is 0.338 e. The van der Waals surface area contributed by atoms with Crippen LogP contribution in [0.25, 0.3) is 0 Å². The molecule has 0 amide bonds. The van der Waals surface area contributed by atoms with Crippen LogP contribution >= 0.6 is 23.2 Å². The first kappa shape index (κ1) is 11.3. The predicted molar refractivity (Wildman–Crippen MR) is 52.9 cm³/mol. The van der Waals surface area contributed by atoms with Crippen LogP contribution in [-0.2, 0) is 0 Å². The highest BCUT2D eigenvalue weighted by atomic mass is 35.5. The zero-order chi connectivity index (χ0) is 11.6. The highest BCUT2D eigenvalue weighted by Crippen LogP contribution is 2.30.